The molecule has 1 heterocycles. The number of benzene rings is 1. The van der Waals surface area contributed by atoms with Crippen molar-refractivity contribution in [3.05, 3.63) is 51.8 Å². The minimum Gasteiger partial charge on any atom is -0.310 e. The fourth-order valence-electron chi connectivity index (χ4n) is 2.28. The Balaban J connectivity index is 2.32. The monoisotopic (exact) mass is 299 g/mol. The molecule has 118 valence electrons. The van der Waals surface area contributed by atoms with Gasteiger partial charge in [-0.05, 0) is 31.4 Å². The Labute approximate surface area is 132 Å². The molecule has 0 fully saturated rings. The minimum absolute atomic E-state index is 0.0373. The van der Waals surface area contributed by atoms with E-state index < -0.39 is 0 Å². The lowest BCUT2D eigenvalue weighted by Gasteiger charge is -2.12. The molecule has 0 amide bonds. The molecule has 2 aromatic rings. The van der Waals surface area contributed by atoms with Crippen LogP contribution in [0.15, 0.2) is 35.1 Å². The Hall–Kier alpha value is -1.94. The van der Waals surface area contributed by atoms with E-state index in [9.17, 15) is 4.79 Å². The number of nitrogens with zero attached hydrogens (tertiary/aromatic N) is 2. The van der Waals surface area contributed by atoms with E-state index in [1.54, 1.807) is 7.05 Å². The van der Waals surface area contributed by atoms with E-state index in [0.29, 0.717) is 12.6 Å². The SMILES string of the molecule is CCc1ccc(-c2cc(CNC(C)CC)c(=O)n(C)n2)cc1. The average molecular weight is 299 g/mol. The van der Waals surface area contributed by atoms with Gasteiger partial charge in [0, 0.05) is 30.8 Å². The summed E-state index contributed by atoms with van der Waals surface area (Å²) in [5.41, 5.74) is 3.90. The number of rotatable bonds is 6. The van der Waals surface area contributed by atoms with Crippen LogP contribution in [-0.2, 0) is 20.0 Å². The molecule has 1 N–H and O–H groups in total. The van der Waals surface area contributed by atoms with E-state index in [1.165, 1.54) is 10.2 Å². The quantitative estimate of drug-likeness (QED) is 0.892. The van der Waals surface area contributed by atoms with Crippen LogP contribution in [0.5, 0.6) is 0 Å². The highest BCUT2D eigenvalue weighted by Gasteiger charge is 2.09. The second kappa shape index (κ2) is 7.36. The van der Waals surface area contributed by atoms with E-state index >= 15 is 0 Å². The van der Waals surface area contributed by atoms with Gasteiger partial charge in [0.2, 0.25) is 0 Å². The Morgan fingerprint density at radius 1 is 1.23 bits per heavy atom. The lowest BCUT2D eigenvalue weighted by Crippen LogP contribution is -2.31. The molecule has 0 bridgehead atoms. The highest BCUT2D eigenvalue weighted by atomic mass is 16.1. The lowest BCUT2D eigenvalue weighted by molar-refractivity contribution is 0.528. The van der Waals surface area contributed by atoms with Crippen molar-refractivity contribution in [2.24, 2.45) is 7.05 Å². The Bertz CT molecular complexity index is 674. The Morgan fingerprint density at radius 2 is 1.91 bits per heavy atom. The standard InChI is InChI=1S/C18H25N3O/c1-5-13(3)19-12-16-11-17(20-21(4)18(16)22)15-9-7-14(6-2)8-10-15/h7-11,13,19H,5-6,12H2,1-4H3. The highest BCUT2D eigenvalue weighted by Crippen LogP contribution is 2.17. The van der Waals surface area contributed by atoms with Gasteiger partial charge in [-0.1, -0.05) is 38.1 Å². The summed E-state index contributed by atoms with van der Waals surface area (Å²) >= 11 is 0. The molecule has 0 aliphatic carbocycles. The first kappa shape index (κ1) is 16.4. The van der Waals surface area contributed by atoms with Gasteiger partial charge in [0.1, 0.15) is 0 Å². The maximum atomic E-state index is 12.2. The molecule has 0 aliphatic rings. The molecule has 1 aromatic heterocycles. The number of hydrogen-bond donors (Lipinski definition) is 1. The van der Waals surface area contributed by atoms with Gasteiger partial charge in [-0.15, -0.1) is 0 Å². The van der Waals surface area contributed by atoms with Gasteiger partial charge in [-0.25, -0.2) is 4.68 Å². The summed E-state index contributed by atoms with van der Waals surface area (Å²) in [5, 5.41) is 7.76. The van der Waals surface area contributed by atoms with Crippen molar-refractivity contribution in [2.45, 2.75) is 46.2 Å². The van der Waals surface area contributed by atoms with Crippen LogP contribution in [0, 0.1) is 0 Å². The maximum Gasteiger partial charge on any atom is 0.271 e. The van der Waals surface area contributed by atoms with Gasteiger partial charge >= 0.3 is 0 Å². The highest BCUT2D eigenvalue weighted by molar-refractivity contribution is 5.59. The average Bonchev–Trinajstić information content (AvgIpc) is 2.55. The first-order valence-corrected chi connectivity index (χ1v) is 7.95. The molecule has 0 spiro atoms. The third-order valence-electron chi connectivity index (χ3n) is 4.05. The van der Waals surface area contributed by atoms with Crippen LogP contribution >= 0.6 is 0 Å². The van der Waals surface area contributed by atoms with Crippen LogP contribution in [-0.4, -0.2) is 15.8 Å². The molecule has 4 nitrogen and oxygen atoms in total. The van der Waals surface area contributed by atoms with Crippen molar-refractivity contribution in [2.75, 3.05) is 0 Å². The molecule has 2 rings (SSSR count). The van der Waals surface area contributed by atoms with Crippen LogP contribution < -0.4 is 10.9 Å². The van der Waals surface area contributed by atoms with E-state index in [1.807, 2.05) is 6.07 Å². The fraction of sp³-hybridized carbons (Fsp3) is 0.444. The smallest absolute Gasteiger partial charge is 0.271 e. The van der Waals surface area contributed by atoms with Gasteiger partial charge in [0.15, 0.2) is 0 Å². The first-order chi connectivity index (χ1) is 10.5. The van der Waals surface area contributed by atoms with Crippen molar-refractivity contribution in [1.29, 1.82) is 0 Å². The Kier molecular flexibility index (Phi) is 5.50. The van der Waals surface area contributed by atoms with E-state index in [-0.39, 0.29) is 5.56 Å². The molecular weight excluding hydrogens is 274 g/mol. The summed E-state index contributed by atoms with van der Waals surface area (Å²) in [4.78, 5) is 12.2. The molecule has 0 saturated carbocycles. The summed E-state index contributed by atoms with van der Waals surface area (Å²) in [5.74, 6) is 0. The van der Waals surface area contributed by atoms with Crippen molar-refractivity contribution in [1.82, 2.24) is 15.1 Å². The topological polar surface area (TPSA) is 46.9 Å². The van der Waals surface area contributed by atoms with Crippen LogP contribution in [0.4, 0.5) is 0 Å². The molecular formula is C18H25N3O. The molecule has 1 unspecified atom stereocenters. The third-order valence-corrected chi connectivity index (χ3v) is 4.05. The van der Waals surface area contributed by atoms with E-state index in [0.717, 1.165) is 29.7 Å². The van der Waals surface area contributed by atoms with Crippen LogP contribution in [0.1, 0.15) is 38.3 Å². The second-order valence-corrected chi connectivity index (χ2v) is 5.72. The molecule has 1 atom stereocenters. The van der Waals surface area contributed by atoms with Crippen molar-refractivity contribution in [3.8, 4) is 11.3 Å². The van der Waals surface area contributed by atoms with Crippen LogP contribution in [0.25, 0.3) is 11.3 Å². The van der Waals surface area contributed by atoms with Crippen LogP contribution in [0.2, 0.25) is 0 Å². The summed E-state index contributed by atoms with van der Waals surface area (Å²) in [6, 6.07) is 10.6. The van der Waals surface area contributed by atoms with Gasteiger partial charge in [-0.3, -0.25) is 4.79 Å². The molecule has 0 radical (unpaired) electrons. The number of aromatic nitrogens is 2. The molecule has 4 heteroatoms. The predicted molar refractivity (Wildman–Crippen MR) is 90.9 cm³/mol. The molecule has 1 aromatic carbocycles. The van der Waals surface area contributed by atoms with Crippen molar-refractivity contribution < 1.29 is 0 Å². The number of hydrogen-bond acceptors (Lipinski definition) is 3. The third kappa shape index (κ3) is 3.83. The largest absolute Gasteiger partial charge is 0.310 e. The summed E-state index contributed by atoms with van der Waals surface area (Å²) in [6.07, 6.45) is 2.06. The van der Waals surface area contributed by atoms with Crippen molar-refractivity contribution in [3.63, 3.8) is 0 Å². The first-order valence-electron chi connectivity index (χ1n) is 7.95. The zero-order valence-electron chi connectivity index (χ0n) is 13.9. The lowest BCUT2D eigenvalue weighted by atomic mass is 10.1. The predicted octanol–water partition coefficient (Wildman–Crippen LogP) is 2.90. The van der Waals surface area contributed by atoms with Gasteiger partial charge < -0.3 is 5.32 Å². The fourth-order valence-corrected chi connectivity index (χ4v) is 2.28. The summed E-state index contributed by atoms with van der Waals surface area (Å²) in [7, 11) is 1.71. The molecule has 0 saturated heterocycles. The van der Waals surface area contributed by atoms with Gasteiger partial charge in [0.05, 0.1) is 5.69 Å². The zero-order valence-corrected chi connectivity index (χ0v) is 13.9. The number of aryl methyl sites for hydroxylation is 2. The van der Waals surface area contributed by atoms with E-state index in [2.05, 4.69) is 55.5 Å². The minimum atomic E-state index is -0.0373. The normalized spacial score (nSPS) is 12.4. The Morgan fingerprint density at radius 3 is 2.50 bits per heavy atom. The van der Waals surface area contributed by atoms with Crippen molar-refractivity contribution >= 4 is 0 Å². The van der Waals surface area contributed by atoms with Gasteiger partial charge in [0.25, 0.3) is 5.56 Å². The summed E-state index contributed by atoms with van der Waals surface area (Å²) < 4.78 is 1.43. The zero-order chi connectivity index (χ0) is 16.1. The molecule has 22 heavy (non-hydrogen) atoms. The summed E-state index contributed by atoms with van der Waals surface area (Å²) in [6.45, 7) is 6.96. The molecule has 0 aliphatic heterocycles. The van der Waals surface area contributed by atoms with Gasteiger partial charge in [-0.2, -0.15) is 5.10 Å². The van der Waals surface area contributed by atoms with Crippen LogP contribution in [0.3, 0.4) is 0 Å². The van der Waals surface area contributed by atoms with E-state index in [4.69, 9.17) is 0 Å². The number of nitrogens with one attached hydrogen (secondary N) is 1. The second-order valence-electron chi connectivity index (χ2n) is 5.72. The maximum absolute atomic E-state index is 12.2.